The van der Waals surface area contributed by atoms with Gasteiger partial charge in [0.05, 0.1) is 12.8 Å². The predicted molar refractivity (Wildman–Crippen MR) is 135 cm³/mol. The van der Waals surface area contributed by atoms with Gasteiger partial charge in [0.25, 0.3) is 5.91 Å². The molecule has 0 N–H and O–H groups in total. The van der Waals surface area contributed by atoms with E-state index < -0.39 is 11.8 Å². The molecular formula is C28H22N4O4. The summed E-state index contributed by atoms with van der Waals surface area (Å²) in [6, 6.07) is 21.4. The van der Waals surface area contributed by atoms with E-state index in [1.54, 1.807) is 30.9 Å². The van der Waals surface area contributed by atoms with Crippen LogP contribution in [-0.4, -0.2) is 45.4 Å². The first-order valence-corrected chi connectivity index (χ1v) is 11.5. The molecular weight excluding hydrogens is 456 g/mol. The summed E-state index contributed by atoms with van der Waals surface area (Å²) in [5, 5.41) is 6.97. The number of allylic oxidation sites excluding steroid dienone is 2. The lowest BCUT2D eigenvalue weighted by Crippen LogP contribution is -2.46. The molecule has 1 amide bonds. The lowest BCUT2D eigenvalue weighted by atomic mass is 10.1. The average Bonchev–Trinajstić information content (AvgIpc) is 3.44. The van der Waals surface area contributed by atoms with Crippen LogP contribution in [0.5, 0.6) is 5.75 Å². The molecule has 1 aliphatic heterocycles. The van der Waals surface area contributed by atoms with Gasteiger partial charge in [0.2, 0.25) is 5.95 Å². The predicted octanol–water partition coefficient (Wildman–Crippen LogP) is 4.24. The van der Waals surface area contributed by atoms with Crippen molar-refractivity contribution < 1.29 is 19.1 Å². The number of nitrogens with zero attached hydrogens (tertiary/aromatic N) is 4. The minimum absolute atomic E-state index is 0.176. The number of fused-ring (bicyclic) bond motifs is 1. The van der Waals surface area contributed by atoms with Gasteiger partial charge < -0.3 is 9.47 Å². The Bertz CT molecular complexity index is 1550. The smallest absolute Gasteiger partial charge is 0.261 e. The van der Waals surface area contributed by atoms with E-state index in [9.17, 15) is 9.59 Å². The second-order valence-electron chi connectivity index (χ2n) is 8.66. The molecule has 1 spiro atoms. The lowest BCUT2D eigenvalue weighted by Gasteiger charge is -2.31. The Morgan fingerprint density at radius 3 is 2.39 bits per heavy atom. The zero-order chi connectivity index (χ0) is 24.9. The fraction of sp³-hybridized carbons (Fsp3) is 0.143. The molecule has 2 aliphatic rings. The Morgan fingerprint density at radius 2 is 1.67 bits per heavy atom. The SMILES string of the molecule is COc1ccc(-n2nc(-c3ccc4ccccc4c3)nc2N2C(=O)C(C)OC23C=CC(=O)C=C3)cc1. The van der Waals surface area contributed by atoms with Crippen molar-refractivity contribution in [2.45, 2.75) is 18.8 Å². The van der Waals surface area contributed by atoms with Crippen molar-refractivity contribution >= 4 is 28.4 Å². The number of methoxy groups -OCH3 is 1. The molecule has 1 aromatic heterocycles. The molecule has 3 aromatic carbocycles. The summed E-state index contributed by atoms with van der Waals surface area (Å²) in [5.74, 6) is 0.961. The second kappa shape index (κ2) is 8.28. The van der Waals surface area contributed by atoms with Crippen LogP contribution in [0.3, 0.4) is 0 Å². The van der Waals surface area contributed by atoms with E-state index in [1.807, 2.05) is 66.7 Å². The molecule has 4 aromatic rings. The van der Waals surface area contributed by atoms with Gasteiger partial charge in [0.15, 0.2) is 17.3 Å². The van der Waals surface area contributed by atoms with E-state index in [4.69, 9.17) is 19.6 Å². The maximum Gasteiger partial charge on any atom is 0.261 e. The molecule has 1 atom stereocenters. The molecule has 1 unspecified atom stereocenters. The van der Waals surface area contributed by atoms with Crippen LogP contribution in [0.2, 0.25) is 0 Å². The Hall–Kier alpha value is -4.56. The highest BCUT2D eigenvalue weighted by atomic mass is 16.6. The minimum Gasteiger partial charge on any atom is -0.497 e. The number of carbonyl (C=O) groups excluding carboxylic acids is 2. The van der Waals surface area contributed by atoms with E-state index in [-0.39, 0.29) is 17.6 Å². The van der Waals surface area contributed by atoms with Gasteiger partial charge in [0, 0.05) is 5.56 Å². The Kier molecular flexibility index (Phi) is 5.05. The van der Waals surface area contributed by atoms with E-state index >= 15 is 0 Å². The number of carbonyl (C=O) groups is 2. The van der Waals surface area contributed by atoms with Gasteiger partial charge in [-0.3, -0.25) is 9.59 Å². The average molecular weight is 479 g/mol. The summed E-state index contributed by atoms with van der Waals surface area (Å²) in [7, 11) is 1.60. The van der Waals surface area contributed by atoms with Crippen molar-refractivity contribution in [3.05, 3.63) is 91.0 Å². The lowest BCUT2D eigenvalue weighted by molar-refractivity contribution is -0.121. The van der Waals surface area contributed by atoms with Gasteiger partial charge in [-0.15, -0.1) is 5.10 Å². The first kappa shape index (κ1) is 21.9. The van der Waals surface area contributed by atoms with E-state index in [0.29, 0.717) is 17.3 Å². The molecule has 8 nitrogen and oxygen atoms in total. The molecule has 0 bridgehead atoms. The summed E-state index contributed by atoms with van der Waals surface area (Å²) < 4.78 is 13.0. The van der Waals surface area contributed by atoms with Crippen LogP contribution in [0.4, 0.5) is 5.95 Å². The number of aromatic nitrogens is 3. The number of ether oxygens (including phenoxy) is 2. The largest absolute Gasteiger partial charge is 0.497 e. The van der Waals surface area contributed by atoms with Crippen LogP contribution in [-0.2, 0) is 14.3 Å². The monoisotopic (exact) mass is 478 g/mol. The molecule has 6 rings (SSSR count). The van der Waals surface area contributed by atoms with Gasteiger partial charge >= 0.3 is 0 Å². The van der Waals surface area contributed by atoms with Crippen molar-refractivity contribution in [3.63, 3.8) is 0 Å². The van der Waals surface area contributed by atoms with Crippen LogP contribution in [0.25, 0.3) is 27.8 Å². The van der Waals surface area contributed by atoms with Crippen molar-refractivity contribution in [2.75, 3.05) is 12.0 Å². The van der Waals surface area contributed by atoms with Crippen molar-refractivity contribution in [3.8, 4) is 22.8 Å². The molecule has 1 aliphatic carbocycles. The van der Waals surface area contributed by atoms with Crippen LogP contribution in [0.15, 0.2) is 91.0 Å². The number of hydrogen-bond donors (Lipinski definition) is 0. The molecule has 8 heteroatoms. The maximum atomic E-state index is 13.4. The second-order valence-corrected chi connectivity index (χ2v) is 8.66. The van der Waals surface area contributed by atoms with Crippen LogP contribution in [0.1, 0.15) is 6.92 Å². The molecule has 0 radical (unpaired) electrons. The summed E-state index contributed by atoms with van der Waals surface area (Å²) in [4.78, 5) is 31.6. The standard InChI is InChI=1S/C28H22N4O4/c1-18-26(34)31(28(36-18)15-13-23(33)14-16-28)27-29-25(21-8-7-19-5-3-4-6-20(19)17-21)30-32(27)22-9-11-24(35-2)12-10-22/h3-18H,1-2H3. The molecule has 178 valence electrons. The zero-order valence-electron chi connectivity index (χ0n) is 19.7. The van der Waals surface area contributed by atoms with Gasteiger partial charge in [-0.1, -0.05) is 36.4 Å². The number of rotatable bonds is 4. The van der Waals surface area contributed by atoms with Crippen LogP contribution < -0.4 is 9.64 Å². The van der Waals surface area contributed by atoms with Gasteiger partial charge in [-0.2, -0.15) is 9.67 Å². The summed E-state index contributed by atoms with van der Waals surface area (Å²) >= 11 is 0. The van der Waals surface area contributed by atoms with Crippen LogP contribution in [0, 0.1) is 0 Å². The number of amides is 1. The highest BCUT2D eigenvalue weighted by Crippen LogP contribution is 2.38. The Balaban J connectivity index is 1.55. The molecule has 2 heterocycles. The van der Waals surface area contributed by atoms with Crippen molar-refractivity contribution in [1.29, 1.82) is 0 Å². The third-order valence-electron chi connectivity index (χ3n) is 6.37. The Labute approximate surface area is 207 Å². The first-order valence-electron chi connectivity index (χ1n) is 11.5. The van der Waals surface area contributed by atoms with E-state index in [0.717, 1.165) is 16.3 Å². The Morgan fingerprint density at radius 1 is 0.944 bits per heavy atom. The van der Waals surface area contributed by atoms with Crippen molar-refractivity contribution in [2.24, 2.45) is 0 Å². The molecule has 1 fully saturated rings. The fourth-order valence-corrected chi connectivity index (χ4v) is 4.53. The number of ketones is 1. The summed E-state index contributed by atoms with van der Waals surface area (Å²) in [6.07, 6.45) is 5.23. The van der Waals surface area contributed by atoms with Crippen LogP contribution >= 0.6 is 0 Å². The minimum atomic E-state index is -1.28. The third-order valence-corrected chi connectivity index (χ3v) is 6.37. The highest BCUT2D eigenvalue weighted by Gasteiger charge is 2.51. The highest BCUT2D eigenvalue weighted by molar-refractivity contribution is 6.04. The fourth-order valence-electron chi connectivity index (χ4n) is 4.53. The quantitative estimate of drug-likeness (QED) is 0.436. The van der Waals surface area contributed by atoms with Crippen molar-refractivity contribution in [1.82, 2.24) is 14.8 Å². The third kappa shape index (κ3) is 3.50. The zero-order valence-corrected chi connectivity index (χ0v) is 19.7. The van der Waals surface area contributed by atoms with Gasteiger partial charge in [0.1, 0.15) is 11.9 Å². The molecule has 0 saturated carbocycles. The van der Waals surface area contributed by atoms with Gasteiger partial charge in [-0.25, -0.2) is 4.90 Å². The maximum absolute atomic E-state index is 13.4. The topological polar surface area (TPSA) is 86.6 Å². The molecule has 36 heavy (non-hydrogen) atoms. The summed E-state index contributed by atoms with van der Waals surface area (Å²) in [5.41, 5.74) is 0.219. The number of benzene rings is 3. The number of anilines is 1. The van der Waals surface area contributed by atoms with E-state index in [2.05, 4.69) is 0 Å². The van der Waals surface area contributed by atoms with Gasteiger partial charge in [-0.05, 0) is 72.3 Å². The molecule has 1 saturated heterocycles. The van der Waals surface area contributed by atoms with E-state index in [1.165, 1.54) is 17.1 Å². The summed E-state index contributed by atoms with van der Waals surface area (Å²) in [6.45, 7) is 1.68. The number of hydrogen-bond acceptors (Lipinski definition) is 6. The normalized spacial score (nSPS) is 18.5. The first-order chi connectivity index (χ1) is 17.5.